The van der Waals surface area contributed by atoms with Crippen LogP contribution in [-0.4, -0.2) is 46.8 Å². The normalized spacial score (nSPS) is 16.2. The highest BCUT2D eigenvalue weighted by atomic mass is 32.2. The molecule has 1 aliphatic heterocycles. The first-order valence-corrected chi connectivity index (χ1v) is 10.6. The lowest BCUT2D eigenvalue weighted by atomic mass is 9.98. The summed E-state index contributed by atoms with van der Waals surface area (Å²) in [7, 11) is 1.65. The third-order valence-corrected chi connectivity index (χ3v) is 5.93. The molecule has 0 aliphatic carbocycles. The Morgan fingerprint density at radius 1 is 1.17 bits per heavy atom. The number of hydrogen-bond donors (Lipinski definition) is 0. The molecule has 150 valence electrons. The van der Waals surface area contributed by atoms with Gasteiger partial charge in [0.2, 0.25) is 0 Å². The quantitative estimate of drug-likeness (QED) is 0.585. The van der Waals surface area contributed by atoms with Gasteiger partial charge in [-0.25, -0.2) is 9.37 Å². The van der Waals surface area contributed by atoms with Gasteiger partial charge < -0.3 is 9.64 Å². The molecule has 4 rings (SSSR count). The second-order valence-electron chi connectivity index (χ2n) is 6.95. The molecule has 1 atom stereocenters. The lowest BCUT2D eigenvalue weighted by Crippen LogP contribution is -2.30. The molecule has 0 N–H and O–H groups in total. The van der Waals surface area contributed by atoms with Crippen molar-refractivity contribution in [3.63, 3.8) is 0 Å². The van der Waals surface area contributed by atoms with Gasteiger partial charge in [0.1, 0.15) is 17.3 Å². The highest BCUT2D eigenvalue weighted by molar-refractivity contribution is 7.98. The van der Waals surface area contributed by atoms with E-state index in [4.69, 9.17) is 4.74 Å². The minimum Gasteiger partial charge on any atom is -0.497 e. The molecule has 0 radical (unpaired) electrons. The molecule has 2 heterocycles. The molecule has 1 aromatic heterocycles. The number of thioether (sulfide) groups is 1. The number of aromatic nitrogens is 2. The van der Waals surface area contributed by atoms with Crippen molar-refractivity contribution in [2.75, 3.05) is 26.5 Å². The Hall–Kier alpha value is -2.80. The van der Waals surface area contributed by atoms with E-state index in [1.807, 2.05) is 23.3 Å². The maximum Gasteiger partial charge on any atom is 0.272 e. The summed E-state index contributed by atoms with van der Waals surface area (Å²) in [6.07, 6.45) is 4.43. The topological polar surface area (TPSA) is 47.4 Å². The first-order valence-electron chi connectivity index (χ1n) is 9.41. The van der Waals surface area contributed by atoms with Gasteiger partial charge in [-0.1, -0.05) is 23.9 Å². The van der Waals surface area contributed by atoms with Gasteiger partial charge in [-0.15, -0.1) is 0 Å². The lowest BCUT2D eigenvalue weighted by molar-refractivity contribution is 0.0782. The molecule has 7 heteroatoms. The number of likely N-dealkylation sites (tertiary alicyclic amines) is 1. The van der Waals surface area contributed by atoms with Crippen LogP contribution in [0.5, 0.6) is 5.75 Å². The maximum atomic E-state index is 13.4. The summed E-state index contributed by atoms with van der Waals surface area (Å²) in [5, 5.41) is 0.700. The second kappa shape index (κ2) is 8.29. The minimum atomic E-state index is -0.311. The third kappa shape index (κ3) is 3.87. The number of benzene rings is 2. The summed E-state index contributed by atoms with van der Waals surface area (Å²) in [5.74, 6) is 0.756. The predicted molar refractivity (Wildman–Crippen MR) is 112 cm³/mol. The van der Waals surface area contributed by atoms with Crippen LogP contribution in [0, 0.1) is 5.82 Å². The first-order chi connectivity index (χ1) is 14.1. The zero-order valence-corrected chi connectivity index (χ0v) is 17.2. The Labute approximate surface area is 173 Å². The lowest BCUT2D eigenvalue weighted by Gasteiger charge is -2.18. The summed E-state index contributed by atoms with van der Waals surface area (Å²) in [6, 6.07) is 14.1. The van der Waals surface area contributed by atoms with Crippen LogP contribution in [0.4, 0.5) is 4.39 Å². The van der Waals surface area contributed by atoms with Crippen LogP contribution >= 0.6 is 11.8 Å². The Morgan fingerprint density at radius 3 is 2.55 bits per heavy atom. The van der Waals surface area contributed by atoms with Crippen molar-refractivity contribution in [2.24, 2.45) is 0 Å². The Kier molecular flexibility index (Phi) is 5.58. The largest absolute Gasteiger partial charge is 0.497 e. The molecular formula is C22H22FN3O2S. The molecule has 1 fully saturated rings. The molecule has 5 nitrogen and oxygen atoms in total. The number of carbonyl (C=O) groups excluding carboxylic acids is 1. The van der Waals surface area contributed by atoms with Crippen LogP contribution in [0.15, 0.2) is 59.9 Å². The van der Waals surface area contributed by atoms with Gasteiger partial charge in [-0.2, -0.15) is 0 Å². The van der Waals surface area contributed by atoms with Crippen LogP contribution in [-0.2, 0) is 0 Å². The molecule has 3 aromatic rings. The van der Waals surface area contributed by atoms with Crippen molar-refractivity contribution < 1.29 is 13.9 Å². The molecule has 29 heavy (non-hydrogen) atoms. The molecule has 1 aliphatic rings. The molecule has 1 saturated heterocycles. The summed E-state index contributed by atoms with van der Waals surface area (Å²) < 4.78 is 20.4. The van der Waals surface area contributed by atoms with E-state index < -0.39 is 0 Å². The first kappa shape index (κ1) is 19.5. The van der Waals surface area contributed by atoms with Crippen molar-refractivity contribution in [2.45, 2.75) is 17.5 Å². The van der Waals surface area contributed by atoms with Gasteiger partial charge >= 0.3 is 0 Å². The number of ether oxygens (including phenoxy) is 1. The van der Waals surface area contributed by atoms with Gasteiger partial charge in [-0.3, -0.25) is 9.36 Å². The van der Waals surface area contributed by atoms with E-state index in [-0.39, 0.29) is 11.7 Å². The fraction of sp³-hybridized carbons (Fsp3) is 0.273. The standard InChI is InChI=1S/C22H22FN3O2S/c1-28-19-9-3-15(4-10-19)16-11-12-25(14-16)21(27)20-13-24-22(29-2)26(20)18-7-5-17(23)6-8-18/h3-10,13,16H,11-12,14H2,1-2H3. The number of rotatable bonds is 5. The number of imidazole rings is 1. The zero-order valence-electron chi connectivity index (χ0n) is 16.3. The van der Waals surface area contributed by atoms with Gasteiger partial charge in [0.15, 0.2) is 5.16 Å². The van der Waals surface area contributed by atoms with Crippen molar-refractivity contribution in [1.82, 2.24) is 14.5 Å². The number of amides is 1. The number of carbonyl (C=O) groups is 1. The van der Waals surface area contributed by atoms with Crippen molar-refractivity contribution in [1.29, 1.82) is 0 Å². The maximum absolute atomic E-state index is 13.4. The zero-order chi connectivity index (χ0) is 20.4. The van der Waals surface area contributed by atoms with Crippen LogP contribution in [0.25, 0.3) is 5.69 Å². The minimum absolute atomic E-state index is 0.0573. The molecule has 0 spiro atoms. The van der Waals surface area contributed by atoms with E-state index in [1.54, 1.807) is 30.0 Å². The van der Waals surface area contributed by atoms with Gasteiger partial charge in [0.25, 0.3) is 5.91 Å². The molecular weight excluding hydrogens is 389 g/mol. The second-order valence-corrected chi connectivity index (χ2v) is 7.73. The average molecular weight is 412 g/mol. The highest BCUT2D eigenvalue weighted by Crippen LogP contribution is 2.30. The highest BCUT2D eigenvalue weighted by Gasteiger charge is 2.30. The Bertz CT molecular complexity index is 1000. The van der Waals surface area contributed by atoms with Crippen LogP contribution in [0.1, 0.15) is 28.4 Å². The summed E-state index contributed by atoms with van der Waals surface area (Å²) in [4.78, 5) is 19.5. The molecule has 1 unspecified atom stereocenters. The van der Waals surface area contributed by atoms with Crippen LogP contribution in [0.2, 0.25) is 0 Å². The fourth-order valence-corrected chi connectivity index (χ4v) is 4.27. The van der Waals surface area contributed by atoms with E-state index in [2.05, 4.69) is 17.1 Å². The van der Waals surface area contributed by atoms with Crippen LogP contribution in [0.3, 0.4) is 0 Å². The smallest absolute Gasteiger partial charge is 0.272 e. The molecule has 0 bridgehead atoms. The molecule has 2 aromatic carbocycles. The SMILES string of the molecule is COc1ccc(C2CCN(C(=O)c3cnc(SC)n3-c3ccc(F)cc3)C2)cc1. The third-order valence-electron chi connectivity index (χ3n) is 5.28. The van der Waals surface area contributed by atoms with Crippen molar-refractivity contribution in [3.05, 3.63) is 71.8 Å². The Balaban J connectivity index is 1.57. The van der Waals surface area contributed by atoms with E-state index in [9.17, 15) is 9.18 Å². The fourth-order valence-electron chi connectivity index (χ4n) is 3.72. The van der Waals surface area contributed by atoms with E-state index >= 15 is 0 Å². The molecule has 0 saturated carbocycles. The number of nitrogens with zero attached hydrogens (tertiary/aromatic N) is 3. The van der Waals surface area contributed by atoms with Crippen molar-refractivity contribution in [3.8, 4) is 11.4 Å². The Morgan fingerprint density at radius 2 is 1.90 bits per heavy atom. The summed E-state index contributed by atoms with van der Waals surface area (Å²) in [6.45, 7) is 1.35. The van der Waals surface area contributed by atoms with Crippen molar-refractivity contribution >= 4 is 17.7 Å². The van der Waals surface area contributed by atoms with E-state index in [0.29, 0.717) is 29.9 Å². The van der Waals surface area contributed by atoms with Crippen LogP contribution < -0.4 is 4.74 Å². The number of hydrogen-bond acceptors (Lipinski definition) is 4. The number of halogens is 1. The van der Waals surface area contributed by atoms with E-state index in [0.717, 1.165) is 17.9 Å². The van der Waals surface area contributed by atoms with Gasteiger partial charge in [0.05, 0.1) is 13.3 Å². The van der Waals surface area contributed by atoms with Gasteiger partial charge in [-0.05, 0) is 54.6 Å². The monoisotopic (exact) mass is 411 g/mol. The molecule has 1 amide bonds. The number of methoxy groups -OCH3 is 1. The van der Waals surface area contributed by atoms with Gasteiger partial charge in [0, 0.05) is 24.7 Å². The average Bonchev–Trinajstić information content (AvgIpc) is 3.41. The summed E-state index contributed by atoms with van der Waals surface area (Å²) >= 11 is 1.45. The predicted octanol–water partition coefficient (Wildman–Crippen LogP) is 4.37. The summed E-state index contributed by atoms with van der Waals surface area (Å²) in [5.41, 5.74) is 2.43. The van der Waals surface area contributed by atoms with E-state index in [1.165, 1.54) is 29.5 Å².